The normalized spacial score (nSPS) is 33.8. The summed E-state index contributed by atoms with van der Waals surface area (Å²) in [7, 11) is 0. The molecule has 0 saturated carbocycles. The first-order valence-corrected chi connectivity index (χ1v) is 4.97. The van der Waals surface area contributed by atoms with Gasteiger partial charge in [0.1, 0.15) is 6.10 Å². The van der Waals surface area contributed by atoms with Crippen molar-refractivity contribution in [2.24, 2.45) is 0 Å². The molecule has 2 aliphatic carbocycles. The summed E-state index contributed by atoms with van der Waals surface area (Å²) < 4.78 is 0. The molecule has 0 unspecified atom stereocenters. The molecule has 2 bridgehead atoms. The molecule has 0 aromatic heterocycles. The van der Waals surface area contributed by atoms with Crippen molar-refractivity contribution < 1.29 is 15.0 Å². The molecule has 0 amide bonds. The van der Waals surface area contributed by atoms with Gasteiger partial charge in [0.2, 0.25) is 5.78 Å². The molecular formula is C13H10O3. The lowest BCUT2D eigenvalue weighted by Gasteiger charge is -2.26. The van der Waals surface area contributed by atoms with Gasteiger partial charge in [0, 0.05) is 5.57 Å². The van der Waals surface area contributed by atoms with E-state index in [9.17, 15) is 15.0 Å². The van der Waals surface area contributed by atoms with E-state index >= 15 is 0 Å². The van der Waals surface area contributed by atoms with E-state index < -0.39 is 17.5 Å². The second-order valence-electron chi connectivity index (χ2n) is 3.68. The number of aliphatic hydroxyl groups is 2. The van der Waals surface area contributed by atoms with Crippen LogP contribution >= 0.6 is 0 Å². The number of hydrogen-bond donors (Lipinski definition) is 2. The van der Waals surface area contributed by atoms with Gasteiger partial charge in [-0.25, -0.2) is 0 Å². The SMILES string of the molecule is O=C1C2=CCC[C@]1(O)C#C/C=C\C#C[C@H]2O. The summed E-state index contributed by atoms with van der Waals surface area (Å²) in [5.74, 6) is 9.65. The van der Waals surface area contributed by atoms with Gasteiger partial charge in [-0.05, 0) is 25.0 Å². The molecule has 3 heteroatoms. The molecule has 0 radical (unpaired) electrons. The van der Waals surface area contributed by atoms with E-state index in [0.29, 0.717) is 6.42 Å². The number of carbonyl (C=O) groups is 1. The number of carbonyl (C=O) groups excluding carboxylic acids is 1. The minimum atomic E-state index is -1.67. The van der Waals surface area contributed by atoms with Crippen LogP contribution in [0.4, 0.5) is 0 Å². The van der Waals surface area contributed by atoms with Crippen molar-refractivity contribution in [2.45, 2.75) is 24.5 Å². The highest BCUT2D eigenvalue weighted by molar-refractivity contribution is 6.06. The van der Waals surface area contributed by atoms with Crippen molar-refractivity contribution in [1.82, 2.24) is 0 Å². The van der Waals surface area contributed by atoms with Crippen LogP contribution in [0, 0.1) is 23.7 Å². The third-order valence-corrected chi connectivity index (χ3v) is 2.55. The molecule has 0 fully saturated rings. The summed E-state index contributed by atoms with van der Waals surface area (Å²) in [5.41, 5.74) is -1.53. The number of fused-ring (bicyclic) bond motifs is 2. The van der Waals surface area contributed by atoms with Crippen LogP contribution in [-0.4, -0.2) is 27.7 Å². The average Bonchev–Trinajstić information content (AvgIpc) is 2.25. The van der Waals surface area contributed by atoms with Crippen molar-refractivity contribution in [3.8, 4) is 23.7 Å². The number of rotatable bonds is 0. The fourth-order valence-electron chi connectivity index (χ4n) is 1.69. The van der Waals surface area contributed by atoms with Gasteiger partial charge in [0.05, 0.1) is 0 Å². The van der Waals surface area contributed by atoms with Crippen molar-refractivity contribution in [3.05, 3.63) is 23.8 Å². The fourth-order valence-corrected chi connectivity index (χ4v) is 1.69. The Morgan fingerprint density at radius 3 is 2.94 bits per heavy atom. The Hall–Kier alpha value is -1.81. The molecule has 0 spiro atoms. The van der Waals surface area contributed by atoms with Gasteiger partial charge in [-0.15, -0.1) is 0 Å². The van der Waals surface area contributed by atoms with Crippen molar-refractivity contribution in [3.63, 3.8) is 0 Å². The van der Waals surface area contributed by atoms with Crippen LogP contribution in [0.1, 0.15) is 12.8 Å². The topological polar surface area (TPSA) is 57.5 Å². The number of Topliss-reactive ketones (excluding diaryl/α,β-unsaturated/α-hetero) is 1. The summed E-state index contributed by atoms with van der Waals surface area (Å²) in [6, 6.07) is 0. The molecule has 0 aliphatic heterocycles. The molecule has 2 atom stereocenters. The van der Waals surface area contributed by atoms with E-state index in [4.69, 9.17) is 0 Å². The first kappa shape index (κ1) is 10.7. The van der Waals surface area contributed by atoms with Crippen LogP contribution in [0.5, 0.6) is 0 Å². The highest BCUT2D eigenvalue weighted by atomic mass is 16.3. The minimum Gasteiger partial charge on any atom is -0.376 e. The number of allylic oxidation sites excluding steroid dienone is 3. The molecule has 0 heterocycles. The van der Waals surface area contributed by atoms with Crippen LogP contribution in [0.3, 0.4) is 0 Å². The van der Waals surface area contributed by atoms with Gasteiger partial charge in [-0.2, -0.15) is 0 Å². The standard InChI is InChI=1S/C13H10O3/c14-11-7-3-1-2-4-8-13(16)9-5-6-10(11)12(13)15/h1-2,6,11,14,16H,5,9H2/b2-1-/t11-,13-/m1/s1. The van der Waals surface area contributed by atoms with Gasteiger partial charge >= 0.3 is 0 Å². The predicted molar refractivity (Wildman–Crippen MR) is 58.0 cm³/mol. The Morgan fingerprint density at radius 1 is 1.38 bits per heavy atom. The lowest BCUT2D eigenvalue weighted by atomic mass is 9.81. The molecule has 2 rings (SSSR count). The van der Waals surface area contributed by atoms with E-state index in [1.54, 1.807) is 6.08 Å². The molecule has 16 heavy (non-hydrogen) atoms. The highest BCUT2D eigenvalue weighted by Gasteiger charge is 2.40. The van der Waals surface area contributed by atoms with Crippen molar-refractivity contribution >= 4 is 5.78 Å². The monoisotopic (exact) mass is 214 g/mol. The van der Waals surface area contributed by atoms with Crippen LogP contribution in [0.25, 0.3) is 0 Å². The van der Waals surface area contributed by atoms with Crippen LogP contribution in [0.2, 0.25) is 0 Å². The zero-order chi connectivity index (χ0) is 11.6. The molecule has 3 nitrogen and oxygen atoms in total. The second-order valence-corrected chi connectivity index (χ2v) is 3.68. The summed E-state index contributed by atoms with van der Waals surface area (Å²) >= 11 is 0. The molecule has 2 N–H and O–H groups in total. The molecule has 80 valence electrons. The smallest absolute Gasteiger partial charge is 0.206 e. The Labute approximate surface area is 93.5 Å². The van der Waals surface area contributed by atoms with Crippen LogP contribution in [0.15, 0.2) is 23.8 Å². The molecule has 0 aromatic carbocycles. The van der Waals surface area contributed by atoms with Crippen LogP contribution in [-0.2, 0) is 4.79 Å². The number of ketones is 1. The Balaban J connectivity index is 2.53. The zero-order valence-electron chi connectivity index (χ0n) is 8.53. The van der Waals surface area contributed by atoms with E-state index in [1.807, 2.05) is 0 Å². The Kier molecular flexibility index (Phi) is 2.66. The van der Waals surface area contributed by atoms with Gasteiger partial charge < -0.3 is 10.2 Å². The number of aliphatic hydroxyl groups excluding tert-OH is 1. The average molecular weight is 214 g/mol. The quantitative estimate of drug-likeness (QED) is 0.556. The Bertz CT molecular complexity index is 505. The third kappa shape index (κ3) is 1.79. The van der Waals surface area contributed by atoms with Crippen LogP contribution < -0.4 is 0 Å². The maximum atomic E-state index is 11.9. The van der Waals surface area contributed by atoms with E-state index in [2.05, 4.69) is 23.7 Å². The molecular weight excluding hydrogens is 204 g/mol. The van der Waals surface area contributed by atoms with Gasteiger partial charge in [-0.1, -0.05) is 29.8 Å². The predicted octanol–water partition coefficient (Wildman–Crippen LogP) is -0.0557. The summed E-state index contributed by atoms with van der Waals surface area (Å²) in [5, 5.41) is 19.7. The summed E-state index contributed by atoms with van der Waals surface area (Å²) in [6.45, 7) is 0. The van der Waals surface area contributed by atoms with E-state index in [1.165, 1.54) is 12.2 Å². The molecule has 0 aromatic rings. The maximum absolute atomic E-state index is 11.9. The minimum absolute atomic E-state index is 0.144. The van der Waals surface area contributed by atoms with Gasteiger partial charge in [0.25, 0.3) is 0 Å². The van der Waals surface area contributed by atoms with Crippen molar-refractivity contribution in [2.75, 3.05) is 0 Å². The number of hydrogen-bond acceptors (Lipinski definition) is 3. The fraction of sp³-hybridized carbons (Fsp3) is 0.308. The lowest BCUT2D eigenvalue weighted by molar-refractivity contribution is -0.130. The third-order valence-electron chi connectivity index (χ3n) is 2.55. The van der Waals surface area contributed by atoms with Crippen molar-refractivity contribution in [1.29, 1.82) is 0 Å². The summed E-state index contributed by atoms with van der Waals surface area (Å²) in [6.07, 6.45) is 4.16. The molecule has 0 saturated heterocycles. The summed E-state index contributed by atoms with van der Waals surface area (Å²) in [4.78, 5) is 11.9. The van der Waals surface area contributed by atoms with E-state index in [0.717, 1.165) is 0 Å². The second kappa shape index (κ2) is 3.98. The largest absolute Gasteiger partial charge is 0.376 e. The molecule has 2 aliphatic rings. The van der Waals surface area contributed by atoms with Gasteiger partial charge in [-0.3, -0.25) is 4.79 Å². The van der Waals surface area contributed by atoms with E-state index in [-0.39, 0.29) is 12.0 Å². The first-order valence-electron chi connectivity index (χ1n) is 4.97. The Morgan fingerprint density at radius 2 is 2.12 bits per heavy atom. The maximum Gasteiger partial charge on any atom is 0.206 e. The highest BCUT2D eigenvalue weighted by Crippen LogP contribution is 2.26. The zero-order valence-corrected chi connectivity index (χ0v) is 8.53. The van der Waals surface area contributed by atoms with Gasteiger partial charge in [0.15, 0.2) is 5.60 Å². The lowest BCUT2D eigenvalue weighted by Crippen LogP contribution is -2.42. The first-order chi connectivity index (χ1) is 7.63.